The summed E-state index contributed by atoms with van der Waals surface area (Å²) in [5, 5.41) is 6.71. The number of nitrogens with zero attached hydrogens (tertiary/aromatic N) is 1. The molecule has 2 atom stereocenters. The van der Waals surface area contributed by atoms with Crippen molar-refractivity contribution in [1.29, 1.82) is 0 Å². The van der Waals surface area contributed by atoms with Crippen molar-refractivity contribution in [2.45, 2.75) is 45.1 Å². The zero-order valence-electron chi connectivity index (χ0n) is 12.4. The van der Waals surface area contributed by atoms with Gasteiger partial charge < -0.3 is 15.4 Å². The Morgan fingerprint density at radius 3 is 2.85 bits per heavy atom. The van der Waals surface area contributed by atoms with Crippen molar-refractivity contribution in [2.75, 3.05) is 26.2 Å². The van der Waals surface area contributed by atoms with E-state index in [2.05, 4.69) is 29.7 Å². The topological polar surface area (TPSA) is 45.7 Å². The fourth-order valence-electron chi connectivity index (χ4n) is 2.60. The van der Waals surface area contributed by atoms with Crippen molar-refractivity contribution in [3.63, 3.8) is 0 Å². The number of halogens is 1. The minimum absolute atomic E-state index is 0. The molecule has 2 rings (SSSR count). The summed E-state index contributed by atoms with van der Waals surface area (Å²) in [6.45, 7) is 5.71. The number of hydrogen-bond acceptors (Lipinski definition) is 2. The van der Waals surface area contributed by atoms with Crippen molar-refractivity contribution in [1.82, 2.24) is 10.6 Å². The van der Waals surface area contributed by atoms with Gasteiger partial charge in [-0.15, -0.1) is 24.0 Å². The van der Waals surface area contributed by atoms with Crippen LogP contribution < -0.4 is 10.6 Å². The van der Waals surface area contributed by atoms with Gasteiger partial charge >= 0.3 is 0 Å². The predicted molar refractivity (Wildman–Crippen MR) is 94.9 cm³/mol. The van der Waals surface area contributed by atoms with Crippen molar-refractivity contribution in [3.8, 4) is 0 Å². The van der Waals surface area contributed by atoms with Gasteiger partial charge in [0.15, 0.2) is 5.96 Å². The maximum Gasteiger partial charge on any atom is 0.191 e. The molecule has 1 aliphatic heterocycles. The third-order valence-electron chi connectivity index (χ3n) is 3.75. The average molecular weight is 393 g/mol. The van der Waals surface area contributed by atoms with Crippen molar-refractivity contribution < 1.29 is 4.74 Å². The Hall–Kier alpha value is -0.300. The van der Waals surface area contributed by atoms with E-state index >= 15 is 0 Å². The third-order valence-corrected chi connectivity index (χ3v) is 3.75. The van der Waals surface area contributed by atoms with Gasteiger partial charge in [0.1, 0.15) is 0 Å². The summed E-state index contributed by atoms with van der Waals surface area (Å²) in [5.74, 6) is 1.65. The summed E-state index contributed by atoms with van der Waals surface area (Å²) in [6.07, 6.45) is 10.9. The Bertz CT molecular complexity index is 314. The van der Waals surface area contributed by atoms with Gasteiger partial charge in [-0.3, -0.25) is 4.99 Å². The van der Waals surface area contributed by atoms with Gasteiger partial charge in [-0.25, -0.2) is 0 Å². The van der Waals surface area contributed by atoms with E-state index < -0.39 is 0 Å². The Morgan fingerprint density at radius 1 is 1.30 bits per heavy atom. The van der Waals surface area contributed by atoms with Gasteiger partial charge in [0.05, 0.1) is 6.10 Å². The summed E-state index contributed by atoms with van der Waals surface area (Å²) in [5.41, 5.74) is 0. The van der Waals surface area contributed by atoms with E-state index in [1.165, 1.54) is 32.1 Å². The van der Waals surface area contributed by atoms with Gasteiger partial charge in [0, 0.05) is 26.2 Å². The summed E-state index contributed by atoms with van der Waals surface area (Å²) >= 11 is 0. The molecule has 0 spiro atoms. The van der Waals surface area contributed by atoms with Crippen LogP contribution in [-0.2, 0) is 4.74 Å². The molecule has 1 aliphatic carbocycles. The number of aliphatic imine (C=N–C) groups is 1. The first-order valence-corrected chi connectivity index (χ1v) is 7.67. The second-order valence-electron chi connectivity index (χ2n) is 5.39. The summed E-state index contributed by atoms with van der Waals surface area (Å²) in [6, 6.07) is 0. The summed E-state index contributed by atoms with van der Waals surface area (Å²) in [7, 11) is 0. The fourth-order valence-corrected chi connectivity index (χ4v) is 2.60. The van der Waals surface area contributed by atoms with Crippen LogP contribution in [0.5, 0.6) is 0 Å². The van der Waals surface area contributed by atoms with Crippen LogP contribution in [0.15, 0.2) is 17.1 Å². The smallest absolute Gasteiger partial charge is 0.191 e. The SMILES string of the molecule is CCNC(=NCC1CC=CCC1)NCC1CCCO1.I. The van der Waals surface area contributed by atoms with Gasteiger partial charge in [-0.05, 0) is 44.9 Å². The molecule has 1 fully saturated rings. The molecule has 20 heavy (non-hydrogen) atoms. The highest BCUT2D eigenvalue weighted by Gasteiger charge is 2.15. The van der Waals surface area contributed by atoms with Crippen LogP contribution in [0.4, 0.5) is 0 Å². The lowest BCUT2D eigenvalue weighted by molar-refractivity contribution is 0.114. The Labute approximate surface area is 139 Å². The molecule has 0 bridgehead atoms. The van der Waals surface area contributed by atoms with Crippen molar-refractivity contribution in [3.05, 3.63) is 12.2 Å². The number of allylic oxidation sites excluding steroid dienone is 2. The molecule has 0 aromatic heterocycles. The molecule has 2 aliphatic rings. The second kappa shape index (κ2) is 10.4. The lowest BCUT2D eigenvalue weighted by atomic mass is 9.95. The maximum atomic E-state index is 5.62. The number of rotatable bonds is 5. The zero-order valence-corrected chi connectivity index (χ0v) is 14.8. The first-order valence-electron chi connectivity index (χ1n) is 7.67. The normalized spacial score (nSPS) is 26.1. The molecule has 1 saturated heterocycles. The molecule has 116 valence electrons. The molecule has 0 saturated carbocycles. The highest BCUT2D eigenvalue weighted by Crippen LogP contribution is 2.18. The molecule has 0 amide bonds. The molecular weight excluding hydrogens is 365 g/mol. The number of nitrogens with one attached hydrogen (secondary N) is 2. The molecule has 5 heteroatoms. The quantitative estimate of drug-likeness (QED) is 0.327. The van der Waals surface area contributed by atoms with Gasteiger partial charge in [0.2, 0.25) is 0 Å². The fraction of sp³-hybridized carbons (Fsp3) is 0.800. The first-order chi connectivity index (χ1) is 9.38. The number of guanidine groups is 1. The minimum Gasteiger partial charge on any atom is -0.376 e. The van der Waals surface area contributed by atoms with E-state index in [-0.39, 0.29) is 24.0 Å². The minimum atomic E-state index is 0. The number of hydrogen-bond donors (Lipinski definition) is 2. The number of ether oxygens (including phenoxy) is 1. The summed E-state index contributed by atoms with van der Waals surface area (Å²) < 4.78 is 5.62. The molecule has 0 radical (unpaired) electrons. The average Bonchev–Trinajstić information content (AvgIpc) is 2.96. The van der Waals surface area contributed by atoms with Crippen molar-refractivity contribution >= 4 is 29.9 Å². The Balaban J connectivity index is 0.00000200. The van der Waals surface area contributed by atoms with Gasteiger partial charge in [-0.1, -0.05) is 12.2 Å². The van der Waals surface area contributed by atoms with Crippen LogP contribution in [0.2, 0.25) is 0 Å². The van der Waals surface area contributed by atoms with Crippen LogP contribution in [0.1, 0.15) is 39.0 Å². The zero-order chi connectivity index (χ0) is 13.3. The van der Waals surface area contributed by atoms with Crippen LogP contribution in [0.25, 0.3) is 0 Å². The van der Waals surface area contributed by atoms with E-state index in [9.17, 15) is 0 Å². The Morgan fingerprint density at radius 2 is 2.20 bits per heavy atom. The van der Waals surface area contributed by atoms with Crippen molar-refractivity contribution in [2.24, 2.45) is 10.9 Å². The lowest BCUT2D eigenvalue weighted by Crippen LogP contribution is -2.41. The van der Waals surface area contributed by atoms with E-state index in [0.29, 0.717) is 12.0 Å². The molecule has 2 unspecified atom stereocenters. The standard InChI is InChI=1S/C15H27N3O.HI/c1-2-16-15(18-12-14-9-6-10-19-14)17-11-13-7-4-3-5-8-13;/h3-4,13-14H,2,5-12H2,1H3,(H2,16,17,18);1H. The second-order valence-corrected chi connectivity index (χ2v) is 5.39. The maximum absolute atomic E-state index is 5.62. The molecule has 1 heterocycles. The van der Waals surface area contributed by atoms with E-state index in [4.69, 9.17) is 9.73 Å². The van der Waals surface area contributed by atoms with E-state index in [1.807, 2.05) is 0 Å². The largest absolute Gasteiger partial charge is 0.376 e. The highest BCUT2D eigenvalue weighted by molar-refractivity contribution is 14.0. The molecular formula is C15H28IN3O. The molecule has 4 nitrogen and oxygen atoms in total. The van der Waals surface area contributed by atoms with E-state index in [0.717, 1.165) is 32.2 Å². The van der Waals surface area contributed by atoms with Crippen LogP contribution in [0.3, 0.4) is 0 Å². The van der Waals surface area contributed by atoms with Crippen LogP contribution >= 0.6 is 24.0 Å². The summed E-state index contributed by atoms with van der Waals surface area (Å²) in [4.78, 5) is 4.70. The monoisotopic (exact) mass is 393 g/mol. The van der Waals surface area contributed by atoms with Gasteiger partial charge in [0.25, 0.3) is 0 Å². The molecule has 0 aromatic rings. The molecule has 0 aromatic carbocycles. The lowest BCUT2D eigenvalue weighted by Gasteiger charge is -2.18. The van der Waals surface area contributed by atoms with Gasteiger partial charge in [-0.2, -0.15) is 0 Å². The third kappa shape index (κ3) is 6.43. The predicted octanol–water partition coefficient (Wildman–Crippen LogP) is 2.69. The molecule has 2 N–H and O–H groups in total. The van der Waals surface area contributed by atoms with Crippen LogP contribution in [-0.4, -0.2) is 38.3 Å². The Kier molecular flexibility index (Phi) is 9.26. The van der Waals surface area contributed by atoms with E-state index in [1.54, 1.807) is 0 Å². The van der Waals surface area contributed by atoms with Crippen LogP contribution in [0, 0.1) is 5.92 Å². The first kappa shape index (κ1) is 17.8. The highest BCUT2D eigenvalue weighted by atomic mass is 127.